The van der Waals surface area contributed by atoms with Gasteiger partial charge in [-0.25, -0.2) is 9.78 Å². The summed E-state index contributed by atoms with van der Waals surface area (Å²) in [5, 5.41) is 8.44. The fourth-order valence-corrected chi connectivity index (χ4v) is 3.56. The third kappa shape index (κ3) is 5.14. The highest BCUT2D eigenvalue weighted by Gasteiger charge is 2.10. The van der Waals surface area contributed by atoms with Gasteiger partial charge in [-0.3, -0.25) is 14.9 Å². The van der Waals surface area contributed by atoms with Crippen LogP contribution in [-0.4, -0.2) is 23.4 Å². The maximum absolute atomic E-state index is 12.2. The van der Waals surface area contributed by atoms with E-state index >= 15 is 0 Å². The first-order valence-electron chi connectivity index (χ1n) is 9.26. The highest BCUT2D eigenvalue weighted by Crippen LogP contribution is 2.26. The van der Waals surface area contributed by atoms with E-state index in [0.29, 0.717) is 27.8 Å². The van der Waals surface area contributed by atoms with Gasteiger partial charge in [0.2, 0.25) is 5.91 Å². The van der Waals surface area contributed by atoms with Crippen LogP contribution in [0, 0.1) is 0 Å². The average Bonchev–Trinajstić information content (AvgIpc) is 3.20. The topological polar surface area (TPSA) is 111 Å². The minimum absolute atomic E-state index is 0.137. The number of carbonyl (C=O) groups excluding carboxylic acids is 2. The van der Waals surface area contributed by atoms with E-state index in [1.54, 1.807) is 36.4 Å². The quantitative estimate of drug-likeness (QED) is 0.445. The molecule has 0 aliphatic heterocycles. The van der Waals surface area contributed by atoms with Gasteiger partial charge >= 0.3 is 5.63 Å². The standard InChI is InChI=1S/C22H17N3O5S/c1-13(26)23-16-6-2-14(3-7-16)18-12-31-22(24-18)25-20(27)11-29-17-8-4-15-5-9-21(28)30-19(15)10-17/h2-10,12H,11H2,1H3,(H,23,26)(H,24,25,27). The second-order valence-corrected chi connectivity index (χ2v) is 7.45. The lowest BCUT2D eigenvalue weighted by Gasteiger charge is -2.06. The maximum Gasteiger partial charge on any atom is 0.336 e. The van der Waals surface area contributed by atoms with Gasteiger partial charge in [0.1, 0.15) is 11.3 Å². The molecule has 0 spiro atoms. The van der Waals surface area contributed by atoms with Gasteiger partial charge < -0.3 is 14.5 Å². The largest absolute Gasteiger partial charge is 0.484 e. The molecule has 0 saturated carbocycles. The molecule has 9 heteroatoms. The summed E-state index contributed by atoms with van der Waals surface area (Å²) in [4.78, 5) is 39.1. The Morgan fingerprint density at radius 3 is 2.61 bits per heavy atom. The third-order valence-electron chi connectivity index (χ3n) is 4.22. The van der Waals surface area contributed by atoms with Crippen LogP contribution in [0.5, 0.6) is 5.75 Å². The van der Waals surface area contributed by atoms with E-state index in [9.17, 15) is 14.4 Å². The lowest BCUT2D eigenvalue weighted by atomic mass is 10.1. The number of anilines is 2. The molecule has 0 aliphatic rings. The molecule has 2 aromatic carbocycles. The van der Waals surface area contributed by atoms with Gasteiger partial charge in [0, 0.05) is 41.1 Å². The van der Waals surface area contributed by atoms with E-state index in [1.807, 2.05) is 17.5 Å². The van der Waals surface area contributed by atoms with Crippen LogP contribution in [0.25, 0.3) is 22.2 Å². The van der Waals surface area contributed by atoms with Crippen molar-refractivity contribution in [1.82, 2.24) is 4.98 Å². The number of benzene rings is 2. The second kappa shape index (κ2) is 8.80. The van der Waals surface area contributed by atoms with Crippen molar-refractivity contribution in [1.29, 1.82) is 0 Å². The molecule has 0 fully saturated rings. The molecule has 0 saturated heterocycles. The molecule has 4 rings (SSSR count). The summed E-state index contributed by atoms with van der Waals surface area (Å²) < 4.78 is 10.6. The van der Waals surface area contributed by atoms with Gasteiger partial charge in [-0.2, -0.15) is 0 Å². The van der Waals surface area contributed by atoms with Gasteiger partial charge in [0.15, 0.2) is 11.7 Å². The first-order valence-corrected chi connectivity index (χ1v) is 10.1. The molecule has 0 bridgehead atoms. The molecular formula is C22H17N3O5S. The number of nitrogens with zero attached hydrogens (tertiary/aromatic N) is 1. The molecule has 0 atom stereocenters. The van der Waals surface area contributed by atoms with Crippen molar-refractivity contribution in [2.45, 2.75) is 6.92 Å². The number of hydrogen-bond acceptors (Lipinski definition) is 7. The summed E-state index contributed by atoms with van der Waals surface area (Å²) >= 11 is 1.29. The lowest BCUT2D eigenvalue weighted by Crippen LogP contribution is -2.20. The van der Waals surface area contributed by atoms with Crippen molar-refractivity contribution in [3.63, 3.8) is 0 Å². The first-order chi connectivity index (χ1) is 15.0. The van der Waals surface area contributed by atoms with Gasteiger partial charge in [-0.05, 0) is 30.3 Å². The molecule has 4 aromatic rings. The molecule has 31 heavy (non-hydrogen) atoms. The highest BCUT2D eigenvalue weighted by atomic mass is 32.1. The van der Waals surface area contributed by atoms with Gasteiger partial charge in [-0.15, -0.1) is 11.3 Å². The second-order valence-electron chi connectivity index (χ2n) is 6.59. The van der Waals surface area contributed by atoms with Crippen LogP contribution in [0.3, 0.4) is 0 Å². The van der Waals surface area contributed by atoms with Gasteiger partial charge in [0.05, 0.1) is 5.69 Å². The minimum Gasteiger partial charge on any atom is -0.484 e. The summed E-state index contributed by atoms with van der Waals surface area (Å²) in [6.45, 7) is 1.23. The Bertz CT molecular complexity index is 1310. The molecule has 2 heterocycles. The van der Waals surface area contributed by atoms with Crippen molar-refractivity contribution >= 4 is 44.9 Å². The van der Waals surface area contributed by atoms with Crippen molar-refractivity contribution in [3.05, 3.63) is 70.4 Å². The molecule has 2 amide bonds. The number of rotatable bonds is 6. The molecule has 8 nitrogen and oxygen atoms in total. The SMILES string of the molecule is CC(=O)Nc1ccc(-c2csc(NC(=O)COc3ccc4ccc(=O)oc4c3)n2)cc1. The van der Waals surface area contributed by atoms with Crippen molar-refractivity contribution < 1.29 is 18.7 Å². The smallest absolute Gasteiger partial charge is 0.336 e. The highest BCUT2D eigenvalue weighted by molar-refractivity contribution is 7.14. The molecule has 0 aliphatic carbocycles. The fourth-order valence-electron chi connectivity index (χ4n) is 2.83. The zero-order valence-corrected chi connectivity index (χ0v) is 17.2. The van der Waals surface area contributed by atoms with Crippen molar-refractivity contribution in [2.24, 2.45) is 0 Å². The van der Waals surface area contributed by atoms with Gasteiger partial charge in [-0.1, -0.05) is 12.1 Å². The predicted octanol–water partition coefficient (Wildman–Crippen LogP) is 3.89. The van der Waals surface area contributed by atoms with E-state index in [1.165, 1.54) is 24.3 Å². The van der Waals surface area contributed by atoms with Crippen molar-refractivity contribution in [3.8, 4) is 17.0 Å². The monoisotopic (exact) mass is 435 g/mol. The van der Waals surface area contributed by atoms with Crippen LogP contribution in [0.15, 0.2) is 69.2 Å². The summed E-state index contributed by atoms with van der Waals surface area (Å²) in [7, 11) is 0. The van der Waals surface area contributed by atoms with Crippen LogP contribution in [-0.2, 0) is 9.59 Å². The number of carbonyl (C=O) groups is 2. The molecule has 0 radical (unpaired) electrons. The van der Waals surface area contributed by atoms with Crippen LogP contribution in [0.4, 0.5) is 10.8 Å². The van der Waals surface area contributed by atoms with E-state index in [0.717, 1.165) is 10.9 Å². The van der Waals surface area contributed by atoms with Crippen LogP contribution >= 0.6 is 11.3 Å². The summed E-state index contributed by atoms with van der Waals surface area (Å²) in [5.41, 5.74) is 2.20. The zero-order valence-electron chi connectivity index (χ0n) is 16.4. The van der Waals surface area contributed by atoms with Gasteiger partial charge in [0.25, 0.3) is 5.91 Å². The Morgan fingerprint density at radius 2 is 1.84 bits per heavy atom. The Kier molecular flexibility index (Phi) is 5.76. The lowest BCUT2D eigenvalue weighted by molar-refractivity contribution is -0.118. The number of ether oxygens (including phenoxy) is 1. The van der Waals surface area contributed by atoms with Crippen LogP contribution < -0.4 is 21.0 Å². The molecule has 156 valence electrons. The zero-order chi connectivity index (χ0) is 21.8. The molecule has 2 N–H and O–H groups in total. The normalized spacial score (nSPS) is 10.6. The number of hydrogen-bond donors (Lipinski definition) is 2. The number of aromatic nitrogens is 1. The van der Waals surface area contributed by atoms with E-state index in [2.05, 4.69) is 15.6 Å². The Labute approximate surface area is 180 Å². The predicted molar refractivity (Wildman–Crippen MR) is 118 cm³/mol. The number of nitrogens with one attached hydrogen (secondary N) is 2. The van der Waals surface area contributed by atoms with Crippen molar-refractivity contribution in [2.75, 3.05) is 17.2 Å². The van der Waals surface area contributed by atoms with Crippen LogP contribution in [0.2, 0.25) is 0 Å². The van der Waals surface area contributed by atoms with E-state index in [4.69, 9.17) is 9.15 Å². The van der Waals surface area contributed by atoms with Crippen LogP contribution in [0.1, 0.15) is 6.92 Å². The average molecular weight is 435 g/mol. The number of fused-ring (bicyclic) bond motifs is 1. The van der Waals surface area contributed by atoms with E-state index in [-0.39, 0.29) is 18.4 Å². The third-order valence-corrected chi connectivity index (χ3v) is 4.97. The van der Waals surface area contributed by atoms with E-state index < -0.39 is 5.63 Å². The Morgan fingerprint density at radius 1 is 1.06 bits per heavy atom. The number of thiazole rings is 1. The summed E-state index contributed by atoms with van der Waals surface area (Å²) in [6.07, 6.45) is 0. The Balaban J connectivity index is 1.35. The molecular weight excluding hydrogens is 418 g/mol. The number of amides is 2. The Hall–Kier alpha value is -3.98. The minimum atomic E-state index is -0.452. The molecule has 2 aromatic heterocycles. The fraction of sp³-hybridized carbons (Fsp3) is 0.0909. The maximum atomic E-state index is 12.2. The molecule has 0 unspecified atom stereocenters. The first kappa shape index (κ1) is 20.3. The summed E-state index contributed by atoms with van der Waals surface area (Å²) in [6, 6.07) is 15.3. The summed E-state index contributed by atoms with van der Waals surface area (Å²) in [5.74, 6) is -0.0885.